The van der Waals surface area contributed by atoms with Crippen molar-refractivity contribution in [3.63, 3.8) is 0 Å². The van der Waals surface area contributed by atoms with Crippen LogP contribution < -0.4 is 10.4 Å². The first kappa shape index (κ1) is 30.9. The van der Waals surface area contributed by atoms with E-state index in [1.165, 1.54) is 55.7 Å². The van der Waals surface area contributed by atoms with Crippen LogP contribution in [0.1, 0.15) is 72.2 Å². The first-order valence-electron chi connectivity index (χ1n) is 10.5. The molecule has 0 spiro atoms. The van der Waals surface area contributed by atoms with Gasteiger partial charge < -0.3 is 0 Å². The second kappa shape index (κ2) is 14.9. The van der Waals surface area contributed by atoms with Crippen LogP contribution >= 0.6 is 18.6 Å². The first-order valence-corrected chi connectivity index (χ1v) is 17.0. The zero-order valence-electron chi connectivity index (χ0n) is 21.4. The summed E-state index contributed by atoms with van der Waals surface area (Å²) < 4.78 is 0. The normalized spacial score (nSPS) is 9.87. The Labute approximate surface area is 214 Å². The summed E-state index contributed by atoms with van der Waals surface area (Å²) in [6.45, 7) is 26.6. The molecule has 0 saturated heterocycles. The van der Waals surface area contributed by atoms with E-state index in [0.29, 0.717) is 0 Å². The summed E-state index contributed by atoms with van der Waals surface area (Å²) >= 11 is -0.556. The van der Waals surface area contributed by atoms with Crippen molar-refractivity contribution in [3.8, 4) is 0 Å². The average molecular weight is 526 g/mol. The number of allylic oxidation sites excluding steroid dienone is 2. The summed E-state index contributed by atoms with van der Waals surface area (Å²) in [7, 11) is 11.5. The van der Waals surface area contributed by atoms with Gasteiger partial charge in [-0.2, -0.15) is 54.9 Å². The van der Waals surface area contributed by atoms with Crippen LogP contribution in [0, 0.1) is 55.4 Å². The molecule has 0 saturated carbocycles. The van der Waals surface area contributed by atoms with E-state index in [0.717, 1.165) is 19.0 Å². The molecule has 5 heteroatoms. The number of halogens is 2. The Morgan fingerprint density at radius 2 is 0.903 bits per heavy atom. The van der Waals surface area contributed by atoms with Crippen molar-refractivity contribution in [2.24, 2.45) is 0 Å². The summed E-state index contributed by atoms with van der Waals surface area (Å²) in [5.74, 6) is 0. The topological polar surface area (TPSA) is 0 Å². The van der Waals surface area contributed by atoms with Crippen molar-refractivity contribution in [1.29, 1.82) is 0 Å². The van der Waals surface area contributed by atoms with Crippen molar-refractivity contribution in [1.82, 2.24) is 0 Å². The van der Waals surface area contributed by atoms with Crippen molar-refractivity contribution in [2.45, 2.75) is 83.1 Å². The molecule has 0 aliphatic carbocycles. The fraction of sp³-hybridized carbons (Fsp3) is 0.462. The minimum atomic E-state index is -0.556. The Morgan fingerprint density at radius 1 is 0.645 bits per heavy atom. The van der Waals surface area contributed by atoms with Gasteiger partial charge in [0.2, 0.25) is 0 Å². The Kier molecular flexibility index (Phi) is 14.9. The molecular weight excluding hydrogens is 487 g/mol. The summed E-state index contributed by atoms with van der Waals surface area (Å²) in [4.78, 5) is 0. The van der Waals surface area contributed by atoms with Crippen LogP contribution in [0.3, 0.4) is 0 Å². The van der Waals surface area contributed by atoms with Crippen LogP contribution in [0.4, 0.5) is 0 Å². The van der Waals surface area contributed by atoms with Gasteiger partial charge in [-0.3, -0.25) is 0 Å². The molecule has 0 bridgehead atoms. The summed E-state index contributed by atoms with van der Waals surface area (Å²) in [6, 6.07) is 0. The van der Waals surface area contributed by atoms with Crippen molar-refractivity contribution >= 4 is 48.0 Å². The third kappa shape index (κ3) is 9.35. The van der Waals surface area contributed by atoms with E-state index in [9.17, 15) is 0 Å². The van der Waals surface area contributed by atoms with Gasteiger partial charge in [0, 0.05) is 0 Å². The number of rotatable bonds is 4. The van der Waals surface area contributed by atoms with Crippen LogP contribution in [-0.4, -0.2) is 19.0 Å². The standard InChI is InChI=1S/2C13H19Si.2ClH.Ti/c2*1-8(2)7-14-13-11(5)9(3)10(4)12(13)6;;;/h2*7H,1-6H3;2*1H;/q2*-1;;;+2/p-2. The molecule has 0 unspecified atom stereocenters. The zero-order chi connectivity index (χ0) is 24.5. The predicted octanol–water partition coefficient (Wildman–Crippen LogP) is 7.16. The number of hydrogen-bond donors (Lipinski definition) is 0. The SMILES string of the molecule is CC(C)=C[Si]c1c(C)c(C)c(C)[c-]1C.CC(C)=C[Si]c1c(C)c(C)c(C)[c-]1C.[Cl][Ti][Cl]. The number of hydrogen-bond acceptors (Lipinski definition) is 0. The monoisotopic (exact) mass is 524 g/mol. The van der Waals surface area contributed by atoms with Gasteiger partial charge in [0.1, 0.15) is 0 Å². The molecule has 0 aromatic heterocycles. The maximum atomic E-state index is 4.89. The van der Waals surface area contributed by atoms with E-state index in [1.54, 1.807) is 10.4 Å². The van der Waals surface area contributed by atoms with Gasteiger partial charge in [0.05, 0.1) is 19.0 Å². The fourth-order valence-electron chi connectivity index (χ4n) is 3.30. The van der Waals surface area contributed by atoms with Crippen LogP contribution in [0.5, 0.6) is 0 Å². The molecule has 0 aliphatic heterocycles. The molecule has 0 amide bonds. The van der Waals surface area contributed by atoms with Gasteiger partial charge in [-0.05, 0) is 27.7 Å². The van der Waals surface area contributed by atoms with Crippen LogP contribution in [0.25, 0.3) is 0 Å². The molecule has 2 rings (SSSR count). The van der Waals surface area contributed by atoms with Gasteiger partial charge in [-0.15, -0.1) is 0 Å². The van der Waals surface area contributed by atoms with Crippen LogP contribution in [0.15, 0.2) is 22.5 Å². The minimum absolute atomic E-state index is 0.556. The Hall–Kier alpha value is -0.0919. The summed E-state index contributed by atoms with van der Waals surface area (Å²) in [6.07, 6.45) is 0. The molecule has 4 radical (unpaired) electrons. The van der Waals surface area contributed by atoms with Crippen molar-refractivity contribution < 1.29 is 17.0 Å². The maximum absolute atomic E-state index is 4.89. The van der Waals surface area contributed by atoms with E-state index in [2.05, 4.69) is 94.5 Å². The van der Waals surface area contributed by atoms with E-state index < -0.39 is 17.0 Å². The van der Waals surface area contributed by atoms with Gasteiger partial charge >= 0.3 is 35.6 Å². The first-order chi connectivity index (χ1) is 14.3. The van der Waals surface area contributed by atoms with E-state index in [1.807, 2.05) is 0 Å². The van der Waals surface area contributed by atoms with E-state index >= 15 is 0 Å². The molecule has 0 nitrogen and oxygen atoms in total. The van der Waals surface area contributed by atoms with Gasteiger partial charge in [0.25, 0.3) is 0 Å². The second-order valence-corrected chi connectivity index (χ2v) is 13.3. The molecular formula is C26H38Cl2Si2Ti-2. The summed E-state index contributed by atoms with van der Waals surface area (Å²) in [5, 5.41) is 3.11. The van der Waals surface area contributed by atoms with Crippen molar-refractivity contribution in [2.75, 3.05) is 0 Å². The quantitative estimate of drug-likeness (QED) is 0.294. The molecule has 2 aromatic rings. The molecule has 31 heavy (non-hydrogen) atoms. The van der Waals surface area contributed by atoms with Crippen LogP contribution in [-0.2, 0) is 17.0 Å². The third-order valence-electron chi connectivity index (χ3n) is 5.89. The Bertz CT molecular complexity index is 782. The molecule has 170 valence electrons. The second-order valence-electron chi connectivity index (χ2n) is 8.55. The van der Waals surface area contributed by atoms with Gasteiger partial charge in [-0.1, -0.05) is 77.9 Å². The average Bonchev–Trinajstić information content (AvgIpc) is 2.99. The molecule has 0 atom stereocenters. The van der Waals surface area contributed by atoms with Gasteiger partial charge in [0.15, 0.2) is 0 Å². The molecule has 0 heterocycles. The zero-order valence-corrected chi connectivity index (χ0v) is 26.5. The fourth-order valence-corrected chi connectivity index (χ4v) is 5.79. The van der Waals surface area contributed by atoms with Crippen LogP contribution in [0.2, 0.25) is 0 Å². The Balaban J connectivity index is 0.000000516. The van der Waals surface area contributed by atoms with Crippen molar-refractivity contribution in [3.05, 3.63) is 67.1 Å². The predicted molar refractivity (Wildman–Crippen MR) is 143 cm³/mol. The summed E-state index contributed by atoms with van der Waals surface area (Å²) in [5.41, 5.74) is 19.4. The Morgan fingerprint density at radius 3 is 1.06 bits per heavy atom. The van der Waals surface area contributed by atoms with E-state index in [-0.39, 0.29) is 0 Å². The van der Waals surface area contributed by atoms with E-state index in [4.69, 9.17) is 18.6 Å². The van der Waals surface area contributed by atoms with Gasteiger partial charge in [-0.25, -0.2) is 0 Å². The molecule has 0 aliphatic rings. The third-order valence-corrected chi connectivity index (χ3v) is 9.41. The molecule has 0 N–H and O–H groups in total. The molecule has 0 fully saturated rings. The molecule has 2 aromatic carbocycles.